The summed E-state index contributed by atoms with van der Waals surface area (Å²) < 4.78 is 26.8. The van der Waals surface area contributed by atoms with E-state index < -0.39 is 11.6 Å². The van der Waals surface area contributed by atoms with E-state index in [4.69, 9.17) is 0 Å². The number of halogens is 2. The van der Waals surface area contributed by atoms with E-state index in [2.05, 4.69) is 5.32 Å². The Balaban J connectivity index is 1.45. The SMILES string of the molecule is O=C(CN1CCC(C(=O)N2CCCCCC2)CC1)Nc1cc(F)ccc1F. The number of nitrogens with one attached hydrogen (secondary N) is 1. The lowest BCUT2D eigenvalue weighted by Crippen LogP contribution is -2.44. The van der Waals surface area contributed by atoms with E-state index >= 15 is 0 Å². The van der Waals surface area contributed by atoms with Gasteiger partial charge in [0.25, 0.3) is 0 Å². The number of hydrogen-bond donors (Lipinski definition) is 1. The van der Waals surface area contributed by atoms with Crippen LogP contribution in [0.5, 0.6) is 0 Å². The predicted molar refractivity (Wildman–Crippen MR) is 99.2 cm³/mol. The first-order valence-electron chi connectivity index (χ1n) is 9.79. The standard InChI is InChI=1S/C20H27F2N3O2/c21-16-5-6-17(22)18(13-16)23-19(26)14-24-11-7-15(8-12-24)20(27)25-9-3-1-2-4-10-25/h5-6,13,15H,1-4,7-12,14H2,(H,23,26). The predicted octanol–water partition coefficient (Wildman–Crippen LogP) is 3.02. The van der Waals surface area contributed by atoms with Crippen molar-refractivity contribution in [2.24, 2.45) is 5.92 Å². The molecule has 0 unspecified atom stereocenters. The highest BCUT2D eigenvalue weighted by Crippen LogP contribution is 2.22. The van der Waals surface area contributed by atoms with Crippen LogP contribution in [0.2, 0.25) is 0 Å². The molecule has 1 aromatic rings. The summed E-state index contributed by atoms with van der Waals surface area (Å²) >= 11 is 0. The molecule has 0 aliphatic carbocycles. The second kappa shape index (κ2) is 9.26. The molecule has 1 N–H and O–H groups in total. The summed E-state index contributed by atoms with van der Waals surface area (Å²) in [4.78, 5) is 28.8. The Morgan fingerprint density at radius 3 is 2.33 bits per heavy atom. The van der Waals surface area contributed by atoms with Gasteiger partial charge in [0.2, 0.25) is 11.8 Å². The normalized spacial score (nSPS) is 19.6. The molecule has 2 saturated heterocycles. The average Bonchev–Trinajstić information content (AvgIpc) is 2.94. The molecule has 5 nitrogen and oxygen atoms in total. The number of amides is 2. The quantitative estimate of drug-likeness (QED) is 0.875. The van der Waals surface area contributed by atoms with Crippen LogP contribution in [0.3, 0.4) is 0 Å². The smallest absolute Gasteiger partial charge is 0.238 e. The van der Waals surface area contributed by atoms with Crippen molar-refractivity contribution in [3.05, 3.63) is 29.8 Å². The summed E-state index contributed by atoms with van der Waals surface area (Å²) in [6.45, 7) is 3.15. The highest BCUT2D eigenvalue weighted by Gasteiger charge is 2.29. The van der Waals surface area contributed by atoms with Crippen molar-refractivity contribution in [1.82, 2.24) is 9.80 Å². The Kier molecular flexibility index (Phi) is 6.77. The third-order valence-electron chi connectivity index (χ3n) is 5.42. The van der Waals surface area contributed by atoms with Crippen molar-refractivity contribution < 1.29 is 18.4 Å². The number of piperidine rings is 1. The van der Waals surface area contributed by atoms with Crippen LogP contribution >= 0.6 is 0 Å². The van der Waals surface area contributed by atoms with Crippen LogP contribution in [0.4, 0.5) is 14.5 Å². The van der Waals surface area contributed by atoms with Gasteiger partial charge in [-0.2, -0.15) is 0 Å². The Hall–Kier alpha value is -2.02. The van der Waals surface area contributed by atoms with Gasteiger partial charge in [-0.15, -0.1) is 0 Å². The van der Waals surface area contributed by atoms with Crippen molar-refractivity contribution in [1.29, 1.82) is 0 Å². The lowest BCUT2D eigenvalue weighted by Gasteiger charge is -2.33. The first kappa shape index (κ1) is 19.7. The zero-order valence-corrected chi connectivity index (χ0v) is 15.6. The summed E-state index contributed by atoms with van der Waals surface area (Å²) in [6.07, 6.45) is 6.03. The van der Waals surface area contributed by atoms with Crippen LogP contribution in [0.25, 0.3) is 0 Å². The van der Waals surface area contributed by atoms with Crippen LogP contribution in [0, 0.1) is 17.6 Å². The summed E-state index contributed by atoms with van der Waals surface area (Å²) in [7, 11) is 0. The van der Waals surface area contributed by atoms with Gasteiger partial charge in [0, 0.05) is 25.1 Å². The summed E-state index contributed by atoms with van der Waals surface area (Å²) in [5, 5.41) is 2.42. The number of carbonyl (C=O) groups excluding carboxylic acids is 2. The number of benzene rings is 1. The van der Waals surface area contributed by atoms with Gasteiger partial charge in [0.1, 0.15) is 11.6 Å². The van der Waals surface area contributed by atoms with Gasteiger partial charge in [-0.1, -0.05) is 12.8 Å². The molecule has 3 rings (SSSR count). The minimum Gasteiger partial charge on any atom is -0.342 e. The number of anilines is 1. The van der Waals surface area contributed by atoms with Gasteiger partial charge in [-0.05, 0) is 50.9 Å². The van der Waals surface area contributed by atoms with Crippen molar-refractivity contribution in [2.75, 3.05) is 38.0 Å². The van der Waals surface area contributed by atoms with Crippen LogP contribution in [0.1, 0.15) is 38.5 Å². The van der Waals surface area contributed by atoms with Crippen molar-refractivity contribution in [2.45, 2.75) is 38.5 Å². The Morgan fingerprint density at radius 2 is 1.67 bits per heavy atom. The van der Waals surface area contributed by atoms with Gasteiger partial charge < -0.3 is 10.2 Å². The lowest BCUT2D eigenvalue weighted by atomic mass is 9.95. The zero-order valence-electron chi connectivity index (χ0n) is 15.6. The van der Waals surface area contributed by atoms with Gasteiger partial charge in [-0.3, -0.25) is 14.5 Å². The third-order valence-corrected chi connectivity index (χ3v) is 5.42. The number of carbonyl (C=O) groups is 2. The molecule has 0 aromatic heterocycles. The van der Waals surface area contributed by atoms with Gasteiger partial charge in [-0.25, -0.2) is 8.78 Å². The minimum atomic E-state index is -0.661. The maximum Gasteiger partial charge on any atom is 0.238 e. The van der Waals surface area contributed by atoms with E-state index in [-0.39, 0.29) is 30.0 Å². The molecular weight excluding hydrogens is 352 g/mol. The molecule has 2 heterocycles. The number of nitrogens with zero attached hydrogens (tertiary/aromatic N) is 2. The molecule has 2 fully saturated rings. The van der Waals surface area contributed by atoms with Crippen molar-refractivity contribution in [3.8, 4) is 0 Å². The second-order valence-electron chi connectivity index (χ2n) is 7.46. The molecule has 2 amide bonds. The van der Waals surface area contributed by atoms with E-state index in [9.17, 15) is 18.4 Å². The first-order valence-corrected chi connectivity index (χ1v) is 9.79. The zero-order chi connectivity index (χ0) is 19.2. The molecule has 1 aromatic carbocycles. The fourth-order valence-electron chi connectivity index (χ4n) is 3.87. The molecule has 0 saturated carbocycles. The van der Waals surface area contributed by atoms with Crippen molar-refractivity contribution >= 4 is 17.5 Å². The molecule has 2 aliphatic heterocycles. The van der Waals surface area contributed by atoms with E-state index in [1.54, 1.807) is 0 Å². The maximum atomic E-state index is 13.6. The van der Waals surface area contributed by atoms with Crippen LogP contribution < -0.4 is 5.32 Å². The molecule has 27 heavy (non-hydrogen) atoms. The van der Waals surface area contributed by atoms with E-state index in [0.717, 1.165) is 57.0 Å². The molecular formula is C20H27F2N3O2. The molecule has 2 aliphatic rings. The summed E-state index contributed by atoms with van der Waals surface area (Å²) in [5.41, 5.74) is -0.147. The first-order chi connectivity index (χ1) is 13.0. The van der Waals surface area contributed by atoms with E-state index in [0.29, 0.717) is 13.1 Å². The average molecular weight is 379 g/mol. The summed E-state index contributed by atoms with van der Waals surface area (Å²) in [5.74, 6) is -1.35. The minimum absolute atomic E-state index is 0.0306. The largest absolute Gasteiger partial charge is 0.342 e. The van der Waals surface area contributed by atoms with E-state index in [1.807, 2.05) is 9.80 Å². The van der Waals surface area contributed by atoms with Crippen LogP contribution in [-0.4, -0.2) is 54.3 Å². The van der Waals surface area contributed by atoms with E-state index in [1.165, 1.54) is 12.8 Å². The second-order valence-corrected chi connectivity index (χ2v) is 7.46. The highest BCUT2D eigenvalue weighted by molar-refractivity contribution is 5.92. The third kappa shape index (κ3) is 5.48. The Labute approximate surface area is 158 Å². The van der Waals surface area contributed by atoms with Crippen LogP contribution in [0.15, 0.2) is 18.2 Å². The fraction of sp³-hybridized carbons (Fsp3) is 0.600. The molecule has 7 heteroatoms. The maximum absolute atomic E-state index is 13.6. The molecule has 0 radical (unpaired) electrons. The van der Waals surface area contributed by atoms with Gasteiger partial charge in [0.15, 0.2) is 0 Å². The topological polar surface area (TPSA) is 52.7 Å². The monoisotopic (exact) mass is 379 g/mol. The van der Waals surface area contributed by atoms with Crippen LogP contribution in [-0.2, 0) is 9.59 Å². The lowest BCUT2D eigenvalue weighted by molar-refractivity contribution is -0.137. The molecule has 0 atom stereocenters. The fourth-order valence-corrected chi connectivity index (χ4v) is 3.87. The van der Waals surface area contributed by atoms with Gasteiger partial charge >= 0.3 is 0 Å². The number of likely N-dealkylation sites (tertiary alicyclic amines) is 2. The van der Waals surface area contributed by atoms with Crippen molar-refractivity contribution in [3.63, 3.8) is 0 Å². The number of rotatable bonds is 4. The van der Waals surface area contributed by atoms with Gasteiger partial charge in [0.05, 0.1) is 12.2 Å². The highest BCUT2D eigenvalue weighted by atomic mass is 19.1. The molecule has 148 valence electrons. The molecule has 0 bridgehead atoms. The Morgan fingerprint density at radius 1 is 1.00 bits per heavy atom. The summed E-state index contributed by atoms with van der Waals surface area (Å²) in [6, 6.07) is 2.97. The Bertz CT molecular complexity index is 667. The number of hydrogen-bond acceptors (Lipinski definition) is 3. The molecule has 0 spiro atoms.